The number of hydrogen-bond donors (Lipinski definition) is 2. The first-order valence-corrected chi connectivity index (χ1v) is 7.40. The van der Waals surface area contributed by atoms with Crippen molar-refractivity contribution >= 4 is 22.7 Å². The maximum absolute atomic E-state index is 12.4. The molecule has 0 aromatic heterocycles. The fourth-order valence-corrected chi connectivity index (χ4v) is 2.33. The number of nitrogens with two attached hydrogens (primary N) is 2. The second kappa shape index (κ2) is 6.46. The fourth-order valence-electron chi connectivity index (χ4n) is 2.33. The predicted octanol–water partition coefficient (Wildman–Crippen LogP) is 4.10. The second-order valence-corrected chi connectivity index (χ2v) is 5.29. The minimum absolute atomic E-state index is 0.330. The molecule has 0 heterocycles. The van der Waals surface area contributed by atoms with Crippen LogP contribution in [0.1, 0.15) is 12.8 Å². The van der Waals surface area contributed by atoms with E-state index >= 15 is 0 Å². The minimum Gasteiger partial charge on any atom is -0.754 e. The third-order valence-corrected chi connectivity index (χ3v) is 3.54. The van der Waals surface area contributed by atoms with Crippen LogP contribution in [0.25, 0.3) is 0 Å². The first-order valence-electron chi connectivity index (χ1n) is 7.40. The molecule has 0 unspecified atom stereocenters. The van der Waals surface area contributed by atoms with Crippen molar-refractivity contribution in [1.29, 1.82) is 0 Å². The molecule has 0 amide bonds. The van der Waals surface area contributed by atoms with E-state index in [0.717, 1.165) is 23.7 Å². The molecule has 0 saturated heterocycles. The summed E-state index contributed by atoms with van der Waals surface area (Å²) in [4.78, 5) is 0. The molecule has 0 saturated carbocycles. The van der Waals surface area contributed by atoms with Gasteiger partial charge in [0.05, 0.1) is 11.4 Å². The van der Waals surface area contributed by atoms with E-state index in [-0.39, 0.29) is 0 Å². The van der Waals surface area contributed by atoms with Crippen molar-refractivity contribution in [2.45, 2.75) is 12.8 Å². The van der Waals surface area contributed by atoms with Crippen LogP contribution in [0, 0.1) is 5.21 Å². The highest BCUT2D eigenvalue weighted by Gasteiger charge is 2.06. The molecule has 0 bridgehead atoms. The molecule has 0 aliphatic heterocycles. The average Bonchev–Trinajstić information content (AvgIpc) is 2.58. The van der Waals surface area contributed by atoms with Gasteiger partial charge in [-0.15, -0.1) is 0 Å². The lowest BCUT2D eigenvalue weighted by molar-refractivity contribution is 0.439. The predicted molar refractivity (Wildman–Crippen MR) is 94.3 cm³/mol. The maximum Gasteiger partial charge on any atom is 0.127 e. The number of anilines is 4. The Hall–Kier alpha value is -2.92. The van der Waals surface area contributed by atoms with Crippen LogP contribution in [0.4, 0.5) is 22.7 Å². The number of benzene rings is 2. The van der Waals surface area contributed by atoms with E-state index in [1.165, 1.54) is 0 Å². The normalized spacial score (nSPS) is 13.5. The molecule has 0 fully saturated rings. The van der Waals surface area contributed by atoms with Gasteiger partial charge in [0.15, 0.2) is 0 Å². The van der Waals surface area contributed by atoms with Crippen LogP contribution in [0.15, 0.2) is 66.5 Å². The van der Waals surface area contributed by atoms with E-state index in [1.807, 2.05) is 12.2 Å². The number of nitrogen functional groups attached to an aromatic ring is 2. The number of allylic oxidation sites excluding steroid dienone is 3. The molecule has 2 aromatic carbocycles. The van der Waals surface area contributed by atoms with Crippen LogP contribution in [0.2, 0.25) is 0 Å². The first-order chi connectivity index (χ1) is 11.1. The van der Waals surface area contributed by atoms with E-state index in [1.54, 1.807) is 42.5 Å². The van der Waals surface area contributed by atoms with Gasteiger partial charge in [0.25, 0.3) is 0 Å². The van der Waals surface area contributed by atoms with Crippen LogP contribution in [0.5, 0.6) is 5.75 Å². The second-order valence-electron chi connectivity index (χ2n) is 5.29. The molecule has 23 heavy (non-hydrogen) atoms. The quantitative estimate of drug-likeness (QED) is 0.656. The lowest BCUT2D eigenvalue weighted by Gasteiger charge is -2.32. The highest BCUT2D eigenvalue weighted by atomic mass is 16.5. The zero-order valence-corrected chi connectivity index (χ0v) is 12.6. The van der Waals surface area contributed by atoms with Gasteiger partial charge in [0.2, 0.25) is 0 Å². The van der Waals surface area contributed by atoms with E-state index in [2.05, 4.69) is 6.08 Å². The van der Waals surface area contributed by atoms with Crippen LogP contribution >= 0.6 is 0 Å². The smallest absolute Gasteiger partial charge is 0.127 e. The average molecular weight is 308 g/mol. The largest absolute Gasteiger partial charge is 0.754 e. The molecular weight excluding hydrogens is 290 g/mol. The molecule has 1 aliphatic carbocycles. The Morgan fingerprint density at radius 1 is 1.00 bits per heavy atom. The monoisotopic (exact) mass is 308 g/mol. The molecule has 3 rings (SSSR count). The highest BCUT2D eigenvalue weighted by Crippen LogP contribution is 2.32. The zero-order valence-electron chi connectivity index (χ0n) is 12.6. The summed E-state index contributed by atoms with van der Waals surface area (Å²) in [6, 6.07) is 11.7. The Labute approximate surface area is 135 Å². The van der Waals surface area contributed by atoms with Gasteiger partial charge in [0.1, 0.15) is 11.5 Å². The molecule has 5 nitrogen and oxygen atoms in total. The van der Waals surface area contributed by atoms with Crippen molar-refractivity contribution in [1.82, 2.24) is 0 Å². The summed E-state index contributed by atoms with van der Waals surface area (Å²) >= 11 is 0. The van der Waals surface area contributed by atoms with Gasteiger partial charge >= 0.3 is 0 Å². The van der Waals surface area contributed by atoms with Crippen molar-refractivity contribution in [3.63, 3.8) is 0 Å². The topological polar surface area (TPSA) is 87.6 Å². The van der Waals surface area contributed by atoms with Gasteiger partial charge in [-0.25, -0.2) is 0 Å². The van der Waals surface area contributed by atoms with Crippen molar-refractivity contribution in [2.24, 2.45) is 0 Å². The Kier molecular flexibility index (Phi) is 4.21. The molecule has 5 heteroatoms. The fraction of sp³-hybridized carbons (Fsp3) is 0.111. The Morgan fingerprint density at radius 3 is 2.48 bits per heavy atom. The van der Waals surface area contributed by atoms with E-state index < -0.39 is 0 Å². The molecule has 0 radical (unpaired) electrons. The van der Waals surface area contributed by atoms with E-state index in [0.29, 0.717) is 28.5 Å². The zero-order chi connectivity index (χ0) is 16.2. The van der Waals surface area contributed by atoms with Crippen LogP contribution in [0.3, 0.4) is 0 Å². The Balaban J connectivity index is 1.77. The van der Waals surface area contributed by atoms with Gasteiger partial charge in [0, 0.05) is 11.4 Å². The lowest BCUT2D eigenvalue weighted by Crippen LogP contribution is -2.09. The molecule has 4 N–H and O–H groups in total. The van der Waals surface area contributed by atoms with Crippen molar-refractivity contribution < 1.29 is 4.74 Å². The van der Waals surface area contributed by atoms with Gasteiger partial charge in [-0.05, 0) is 67.5 Å². The van der Waals surface area contributed by atoms with Crippen molar-refractivity contribution in [3.8, 4) is 5.75 Å². The summed E-state index contributed by atoms with van der Waals surface area (Å²) in [7, 11) is 0. The van der Waals surface area contributed by atoms with Gasteiger partial charge in [-0.1, -0.05) is 6.08 Å². The Morgan fingerprint density at radius 2 is 1.78 bits per heavy atom. The number of rotatable bonds is 4. The third kappa shape index (κ3) is 3.46. The SMILES string of the molecule is Nc1ccc(N)c(N([O-])c2ccc(OC3=CCCC=C3)cc2)c1. The standard InChI is InChI=1S/C18H18N3O2/c19-13-6-11-17(20)18(12-13)21(22)14-7-9-16(10-8-14)23-15-4-2-1-3-5-15/h2,4-12H,1,3,19-20H2/q-1. The van der Waals surface area contributed by atoms with E-state index in [9.17, 15) is 5.21 Å². The number of ether oxygens (including phenoxy) is 1. The minimum atomic E-state index is 0.330. The molecule has 1 aliphatic rings. The maximum atomic E-state index is 12.4. The Bertz CT molecular complexity index is 751. The summed E-state index contributed by atoms with van der Waals surface area (Å²) in [6.07, 6.45) is 8.09. The highest BCUT2D eigenvalue weighted by molar-refractivity contribution is 5.78. The molecule has 0 atom stereocenters. The van der Waals surface area contributed by atoms with Crippen molar-refractivity contribution in [3.05, 3.63) is 71.7 Å². The van der Waals surface area contributed by atoms with Gasteiger partial charge in [-0.3, -0.25) is 0 Å². The van der Waals surface area contributed by atoms with Crippen LogP contribution in [-0.4, -0.2) is 0 Å². The van der Waals surface area contributed by atoms with Crippen molar-refractivity contribution in [2.75, 3.05) is 16.5 Å². The number of nitrogens with zero attached hydrogens (tertiary/aromatic N) is 1. The van der Waals surface area contributed by atoms with E-state index in [4.69, 9.17) is 16.2 Å². The third-order valence-electron chi connectivity index (χ3n) is 3.54. The lowest BCUT2D eigenvalue weighted by atomic mass is 10.2. The first kappa shape index (κ1) is 15.0. The summed E-state index contributed by atoms with van der Waals surface area (Å²) in [5.41, 5.74) is 13.2. The summed E-state index contributed by atoms with van der Waals surface area (Å²) in [5, 5.41) is 13.2. The molecular formula is C18H18N3O2-. The van der Waals surface area contributed by atoms with Crippen LogP contribution < -0.4 is 21.3 Å². The molecule has 2 aromatic rings. The summed E-state index contributed by atoms with van der Waals surface area (Å²) in [6.45, 7) is 0. The van der Waals surface area contributed by atoms with Gasteiger partial charge in [-0.2, -0.15) is 0 Å². The molecule has 118 valence electrons. The van der Waals surface area contributed by atoms with Gasteiger partial charge < -0.3 is 26.5 Å². The molecule has 0 spiro atoms. The summed E-state index contributed by atoms with van der Waals surface area (Å²) < 4.78 is 5.75. The number of hydrogen-bond acceptors (Lipinski definition) is 5. The van der Waals surface area contributed by atoms with Crippen LogP contribution in [-0.2, 0) is 0 Å². The summed E-state index contributed by atoms with van der Waals surface area (Å²) in [5.74, 6) is 1.50.